The Balaban J connectivity index is 1.76. The van der Waals surface area contributed by atoms with Gasteiger partial charge in [-0.2, -0.15) is 0 Å². The normalized spacial score (nSPS) is 16.2. The molecule has 33 heavy (non-hydrogen) atoms. The van der Waals surface area contributed by atoms with Crippen molar-refractivity contribution in [2.45, 2.75) is 45.2 Å². The number of allylic oxidation sites excluding steroid dienone is 1. The summed E-state index contributed by atoms with van der Waals surface area (Å²) in [4.78, 5) is 28.4. The molecule has 0 unspecified atom stereocenters. The molecule has 0 atom stereocenters. The lowest BCUT2D eigenvalue weighted by Crippen LogP contribution is -2.62. The van der Waals surface area contributed by atoms with Crippen LogP contribution in [0.5, 0.6) is 0 Å². The van der Waals surface area contributed by atoms with Crippen LogP contribution in [-0.2, 0) is 4.79 Å². The SMILES string of the molecule is C/C=C/n1c(-c2ccc(Cl)cc2Cl)nc2c(N3CCC(NC(C)C)(C(N)=O)CC3)ncnc21. The summed E-state index contributed by atoms with van der Waals surface area (Å²) >= 11 is 12.6. The molecule has 0 radical (unpaired) electrons. The number of carbonyl (C=O) groups is 1. The minimum atomic E-state index is -0.719. The van der Waals surface area contributed by atoms with E-state index in [4.69, 9.17) is 33.9 Å². The Morgan fingerprint density at radius 1 is 1.24 bits per heavy atom. The molecule has 1 saturated heterocycles. The van der Waals surface area contributed by atoms with Crippen LogP contribution in [0.3, 0.4) is 0 Å². The van der Waals surface area contributed by atoms with Crippen LogP contribution in [-0.4, -0.2) is 50.1 Å². The highest BCUT2D eigenvalue weighted by Crippen LogP contribution is 2.35. The molecule has 3 heterocycles. The van der Waals surface area contributed by atoms with Crippen LogP contribution < -0.4 is 16.0 Å². The third-order valence-electron chi connectivity index (χ3n) is 5.88. The average molecular weight is 488 g/mol. The molecule has 1 fully saturated rings. The van der Waals surface area contributed by atoms with Crippen molar-refractivity contribution < 1.29 is 4.79 Å². The van der Waals surface area contributed by atoms with Crippen molar-refractivity contribution in [1.29, 1.82) is 0 Å². The molecule has 1 aliphatic rings. The molecule has 10 heteroatoms. The van der Waals surface area contributed by atoms with Gasteiger partial charge in [0.15, 0.2) is 17.0 Å². The maximum Gasteiger partial charge on any atom is 0.237 e. The molecular weight excluding hydrogens is 461 g/mol. The van der Waals surface area contributed by atoms with Crippen LogP contribution >= 0.6 is 23.2 Å². The number of rotatable bonds is 6. The Kier molecular flexibility index (Phi) is 6.61. The van der Waals surface area contributed by atoms with Gasteiger partial charge in [0, 0.05) is 35.9 Å². The predicted molar refractivity (Wildman–Crippen MR) is 133 cm³/mol. The minimum absolute atomic E-state index is 0.151. The second kappa shape index (κ2) is 9.29. The molecule has 0 saturated carbocycles. The number of amides is 1. The summed E-state index contributed by atoms with van der Waals surface area (Å²) in [5, 5.41) is 4.43. The van der Waals surface area contributed by atoms with Crippen molar-refractivity contribution >= 4 is 52.3 Å². The highest BCUT2D eigenvalue weighted by molar-refractivity contribution is 6.36. The Bertz CT molecular complexity index is 1210. The number of carbonyl (C=O) groups excluding carboxylic acids is 1. The fourth-order valence-corrected chi connectivity index (χ4v) is 4.89. The highest BCUT2D eigenvalue weighted by Gasteiger charge is 2.41. The van der Waals surface area contributed by atoms with Crippen molar-refractivity contribution in [1.82, 2.24) is 24.8 Å². The number of nitrogens with two attached hydrogens (primary N) is 1. The highest BCUT2D eigenvalue weighted by atomic mass is 35.5. The number of nitrogens with one attached hydrogen (secondary N) is 1. The number of anilines is 1. The Morgan fingerprint density at radius 2 is 1.97 bits per heavy atom. The fourth-order valence-electron chi connectivity index (χ4n) is 4.39. The molecular formula is C23H27Cl2N7O. The Hall–Kier alpha value is -2.68. The van der Waals surface area contributed by atoms with Crippen molar-refractivity contribution in [3.8, 4) is 11.4 Å². The van der Waals surface area contributed by atoms with E-state index in [9.17, 15) is 4.79 Å². The number of primary amides is 1. The van der Waals surface area contributed by atoms with Crippen LogP contribution in [0.25, 0.3) is 28.8 Å². The van der Waals surface area contributed by atoms with Crippen LogP contribution in [0.1, 0.15) is 33.6 Å². The Morgan fingerprint density at radius 3 is 2.58 bits per heavy atom. The average Bonchev–Trinajstić information content (AvgIpc) is 3.12. The van der Waals surface area contributed by atoms with Gasteiger partial charge in [-0.25, -0.2) is 15.0 Å². The van der Waals surface area contributed by atoms with Gasteiger partial charge in [0.25, 0.3) is 0 Å². The molecule has 2 aromatic heterocycles. The monoisotopic (exact) mass is 487 g/mol. The van der Waals surface area contributed by atoms with E-state index < -0.39 is 5.54 Å². The lowest BCUT2D eigenvalue weighted by atomic mass is 9.86. The third kappa shape index (κ3) is 4.43. The molecule has 1 amide bonds. The van der Waals surface area contributed by atoms with Crippen molar-refractivity contribution in [3.63, 3.8) is 0 Å². The van der Waals surface area contributed by atoms with E-state index in [1.807, 2.05) is 43.7 Å². The van der Waals surface area contributed by atoms with Crippen molar-refractivity contribution in [2.75, 3.05) is 18.0 Å². The van der Waals surface area contributed by atoms with E-state index in [1.54, 1.807) is 12.1 Å². The number of aromatic nitrogens is 4. The van der Waals surface area contributed by atoms with E-state index in [2.05, 4.69) is 20.2 Å². The number of fused-ring (bicyclic) bond motifs is 1. The molecule has 174 valence electrons. The predicted octanol–water partition coefficient (Wildman–Crippen LogP) is 4.11. The lowest BCUT2D eigenvalue weighted by molar-refractivity contribution is -0.125. The van der Waals surface area contributed by atoms with Gasteiger partial charge >= 0.3 is 0 Å². The fraction of sp³-hybridized carbons (Fsp3) is 0.391. The summed E-state index contributed by atoms with van der Waals surface area (Å²) in [5.74, 6) is 1.05. The minimum Gasteiger partial charge on any atom is -0.368 e. The zero-order chi connectivity index (χ0) is 23.8. The standard InChI is InChI=1S/C23H27Cl2N7O/c1-4-9-32-19(16-6-5-15(24)12-17(16)25)29-18-20(27-13-28-21(18)32)31-10-7-23(8-11-31,22(26)33)30-14(2)3/h4-6,9,12-14,30H,7-8,10-11H2,1-3H3,(H2,26,33)/b9-4+. The van der Waals surface area contributed by atoms with E-state index >= 15 is 0 Å². The van der Waals surface area contributed by atoms with Crippen LogP contribution in [0, 0.1) is 0 Å². The second-order valence-corrected chi connectivity index (χ2v) is 9.36. The van der Waals surface area contributed by atoms with E-state index in [0.29, 0.717) is 53.0 Å². The van der Waals surface area contributed by atoms with Gasteiger partial charge in [0.05, 0.1) is 5.02 Å². The quantitative estimate of drug-likeness (QED) is 0.542. The zero-order valence-corrected chi connectivity index (χ0v) is 20.4. The van der Waals surface area contributed by atoms with E-state index in [-0.39, 0.29) is 11.9 Å². The van der Waals surface area contributed by atoms with Gasteiger partial charge in [0.1, 0.15) is 17.7 Å². The second-order valence-electron chi connectivity index (χ2n) is 8.51. The molecule has 0 spiro atoms. The molecule has 3 aromatic rings. The maximum atomic E-state index is 12.3. The molecule has 0 aliphatic carbocycles. The Labute approximate surface area is 202 Å². The first-order valence-corrected chi connectivity index (χ1v) is 11.6. The molecule has 3 N–H and O–H groups in total. The first-order chi connectivity index (χ1) is 15.8. The number of halogens is 2. The van der Waals surface area contributed by atoms with Crippen molar-refractivity contribution in [3.05, 3.63) is 40.6 Å². The number of hydrogen-bond acceptors (Lipinski definition) is 6. The summed E-state index contributed by atoms with van der Waals surface area (Å²) in [6.07, 6.45) is 6.51. The number of hydrogen-bond donors (Lipinski definition) is 2. The van der Waals surface area contributed by atoms with Crippen LogP contribution in [0.2, 0.25) is 10.0 Å². The number of benzene rings is 1. The number of nitrogens with zero attached hydrogens (tertiary/aromatic N) is 5. The summed E-state index contributed by atoms with van der Waals surface area (Å²) in [5.41, 5.74) is 7.15. The third-order valence-corrected chi connectivity index (χ3v) is 6.43. The molecule has 4 rings (SSSR count). The molecule has 8 nitrogen and oxygen atoms in total. The number of piperidine rings is 1. The molecule has 1 aromatic carbocycles. The smallest absolute Gasteiger partial charge is 0.237 e. The van der Waals surface area contributed by atoms with Gasteiger partial charge in [-0.3, -0.25) is 9.36 Å². The van der Waals surface area contributed by atoms with Gasteiger partial charge in [-0.1, -0.05) is 29.3 Å². The van der Waals surface area contributed by atoms with E-state index in [1.165, 1.54) is 6.33 Å². The number of imidazole rings is 1. The first-order valence-electron chi connectivity index (χ1n) is 10.9. The summed E-state index contributed by atoms with van der Waals surface area (Å²) in [6.45, 7) is 7.19. The van der Waals surface area contributed by atoms with Gasteiger partial charge < -0.3 is 16.0 Å². The van der Waals surface area contributed by atoms with E-state index in [0.717, 1.165) is 11.4 Å². The maximum absolute atomic E-state index is 12.3. The lowest BCUT2D eigenvalue weighted by Gasteiger charge is -2.41. The summed E-state index contributed by atoms with van der Waals surface area (Å²) in [7, 11) is 0. The molecule has 0 bridgehead atoms. The van der Waals surface area contributed by atoms with Crippen molar-refractivity contribution in [2.24, 2.45) is 5.73 Å². The summed E-state index contributed by atoms with van der Waals surface area (Å²) in [6, 6.07) is 5.47. The molecule has 1 aliphatic heterocycles. The summed E-state index contributed by atoms with van der Waals surface area (Å²) < 4.78 is 1.90. The van der Waals surface area contributed by atoms with Gasteiger partial charge in [-0.05, 0) is 51.8 Å². The van der Waals surface area contributed by atoms with Gasteiger partial charge in [-0.15, -0.1) is 0 Å². The van der Waals surface area contributed by atoms with Crippen LogP contribution in [0.15, 0.2) is 30.6 Å². The zero-order valence-electron chi connectivity index (χ0n) is 18.8. The van der Waals surface area contributed by atoms with Crippen LogP contribution in [0.4, 0.5) is 5.82 Å². The largest absolute Gasteiger partial charge is 0.368 e. The topological polar surface area (TPSA) is 102 Å². The van der Waals surface area contributed by atoms with Gasteiger partial charge in [0.2, 0.25) is 5.91 Å². The first kappa shape index (κ1) is 23.5.